The van der Waals surface area contributed by atoms with Crippen molar-refractivity contribution in [3.63, 3.8) is 0 Å². The number of carbonyl (C=O) groups excluding carboxylic acids is 2. The van der Waals surface area contributed by atoms with Crippen LogP contribution in [-0.2, 0) is 0 Å². The summed E-state index contributed by atoms with van der Waals surface area (Å²) in [6, 6.07) is 7.61. The van der Waals surface area contributed by atoms with Gasteiger partial charge in [-0.25, -0.2) is 0 Å². The van der Waals surface area contributed by atoms with Crippen molar-refractivity contribution in [3.05, 3.63) is 35.4 Å². The summed E-state index contributed by atoms with van der Waals surface area (Å²) in [6.07, 6.45) is 3.51. The molecule has 2 fully saturated rings. The third-order valence-electron chi connectivity index (χ3n) is 6.28. The van der Waals surface area contributed by atoms with Crippen molar-refractivity contribution in [3.8, 4) is 0 Å². The molecule has 0 saturated carbocycles. The predicted molar refractivity (Wildman–Crippen MR) is 125 cm³/mol. The Balaban J connectivity index is 1.65. The number of nitrogens with one attached hydrogen (secondary N) is 4. The van der Waals surface area contributed by atoms with Gasteiger partial charge in [0, 0.05) is 45.9 Å². The van der Waals surface area contributed by atoms with Gasteiger partial charge in [-0.2, -0.15) is 0 Å². The molecule has 0 radical (unpaired) electrons. The first-order valence-electron chi connectivity index (χ1n) is 11.5. The molecule has 0 aromatic heterocycles. The van der Waals surface area contributed by atoms with Gasteiger partial charge in [-0.15, -0.1) is 0 Å². The van der Waals surface area contributed by atoms with Crippen molar-refractivity contribution in [1.82, 2.24) is 21.3 Å². The van der Waals surface area contributed by atoms with Crippen LogP contribution in [0.25, 0.3) is 0 Å². The molecular weight excluding hydrogens is 388 g/mol. The molecule has 31 heavy (non-hydrogen) atoms. The van der Waals surface area contributed by atoms with Crippen LogP contribution >= 0.6 is 0 Å². The van der Waals surface area contributed by atoms with Crippen LogP contribution in [0.3, 0.4) is 0 Å². The van der Waals surface area contributed by atoms with E-state index in [0.29, 0.717) is 17.2 Å². The minimum atomic E-state index is -0.121. The Morgan fingerprint density at radius 1 is 0.839 bits per heavy atom. The number of benzene rings is 1. The number of piperidine rings is 2. The summed E-state index contributed by atoms with van der Waals surface area (Å²) in [5.74, 6) is -0.238. The quantitative estimate of drug-likeness (QED) is 0.593. The second-order valence-electron chi connectivity index (χ2n) is 11.6. The van der Waals surface area contributed by atoms with Crippen LogP contribution in [0.4, 0.5) is 0 Å². The zero-order valence-corrected chi connectivity index (χ0v) is 20.2. The van der Waals surface area contributed by atoms with E-state index in [4.69, 9.17) is 0 Å². The van der Waals surface area contributed by atoms with Gasteiger partial charge in [-0.3, -0.25) is 9.59 Å². The number of hydrogen-bond donors (Lipinski definition) is 4. The molecule has 0 bridgehead atoms. The minimum Gasteiger partial charge on any atom is -0.349 e. The van der Waals surface area contributed by atoms with Gasteiger partial charge in [-0.1, -0.05) is 6.07 Å². The lowest BCUT2D eigenvalue weighted by atomic mass is 9.79. The highest BCUT2D eigenvalue weighted by molar-refractivity contribution is 5.99. The maximum atomic E-state index is 13.0. The number of amides is 2. The molecular formula is C25H40N4O2. The van der Waals surface area contributed by atoms with E-state index < -0.39 is 0 Å². The van der Waals surface area contributed by atoms with Gasteiger partial charge in [-0.05, 0) is 92.3 Å². The van der Waals surface area contributed by atoms with Crippen molar-refractivity contribution >= 4 is 11.8 Å². The van der Waals surface area contributed by atoms with E-state index in [1.54, 1.807) is 24.3 Å². The van der Waals surface area contributed by atoms with Crippen LogP contribution in [0.1, 0.15) is 94.9 Å². The predicted octanol–water partition coefficient (Wildman–Crippen LogP) is 3.37. The Hall–Kier alpha value is -1.92. The fraction of sp³-hybridized carbons (Fsp3) is 0.680. The van der Waals surface area contributed by atoms with E-state index >= 15 is 0 Å². The summed E-state index contributed by atoms with van der Waals surface area (Å²) < 4.78 is 0. The summed E-state index contributed by atoms with van der Waals surface area (Å²) in [6.45, 7) is 15.1. The summed E-state index contributed by atoms with van der Waals surface area (Å²) in [5, 5.41) is 13.6. The zero-order chi connectivity index (χ0) is 23.0. The van der Waals surface area contributed by atoms with Crippen LogP contribution in [0.5, 0.6) is 0 Å². The Kier molecular flexibility index (Phi) is 6.55. The minimum absolute atomic E-state index is 0.00620. The SMILES string of the molecule is CC1CC(NC(=O)c2cccc(C(=O)NC3CC(C)(C)NC(C)(C)C3)c2)CC(C)(C)N1. The molecule has 2 saturated heterocycles. The van der Waals surface area contributed by atoms with Crippen LogP contribution in [-0.4, -0.2) is 46.6 Å². The van der Waals surface area contributed by atoms with E-state index in [0.717, 1.165) is 25.7 Å². The molecule has 2 unspecified atom stereocenters. The Morgan fingerprint density at radius 2 is 1.32 bits per heavy atom. The Bertz CT molecular complexity index is 815. The molecule has 2 aliphatic heterocycles. The second kappa shape index (κ2) is 8.55. The van der Waals surface area contributed by atoms with Gasteiger partial charge < -0.3 is 21.3 Å². The van der Waals surface area contributed by atoms with Gasteiger partial charge in [0.05, 0.1) is 0 Å². The molecule has 0 aliphatic carbocycles. The average Bonchev–Trinajstić information content (AvgIpc) is 2.57. The van der Waals surface area contributed by atoms with Crippen molar-refractivity contribution in [2.24, 2.45) is 0 Å². The third kappa shape index (κ3) is 6.53. The van der Waals surface area contributed by atoms with Crippen LogP contribution in [0.2, 0.25) is 0 Å². The first-order valence-corrected chi connectivity index (χ1v) is 11.5. The van der Waals surface area contributed by atoms with Gasteiger partial charge in [0.25, 0.3) is 11.8 Å². The smallest absolute Gasteiger partial charge is 0.251 e. The summed E-state index contributed by atoms with van der Waals surface area (Å²) in [5.41, 5.74) is 0.972. The van der Waals surface area contributed by atoms with E-state index in [2.05, 4.69) is 69.7 Å². The van der Waals surface area contributed by atoms with Crippen molar-refractivity contribution in [2.75, 3.05) is 0 Å². The number of rotatable bonds is 4. The summed E-state index contributed by atoms with van der Waals surface area (Å²) >= 11 is 0. The van der Waals surface area contributed by atoms with Crippen molar-refractivity contribution in [2.45, 2.75) is 109 Å². The van der Waals surface area contributed by atoms with Crippen LogP contribution in [0.15, 0.2) is 24.3 Å². The molecule has 1 aromatic carbocycles. The van der Waals surface area contributed by atoms with Crippen LogP contribution in [0, 0.1) is 0 Å². The molecule has 2 atom stereocenters. The fourth-order valence-electron chi connectivity index (χ4n) is 5.78. The molecule has 6 nitrogen and oxygen atoms in total. The maximum absolute atomic E-state index is 13.0. The first-order chi connectivity index (χ1) is 14.2. The number of hydrogen-bond acceptors (Lipinski definition) is 4. The third-order valence-corrected chi connectivity index (χ3v) is 6.28. The van der Waals surface area contributed by atoms with E-state index in [9.17, 15) is 9.59 Å². The highest BCUT2D eigenvalue weighted by Crippen LogP contribution is 2.28. The van der Waals surface area contributed by atoms with E-state index in [1.165, 1.54) is 0 Å². The van der Waals surface area contributed by atoms with Gasteiger partial charge in [0.15, 0.2) is 0 Å². The standard InChI is InChI=1S/C25H40N4O2/c1-16-11-19(13-23(2,3)28-16)26-21(30)17-9-8-10-18(12-17)22(31)27-20-14-24(4,5)29-25(6,7)15-20/h8-10,12,16,19-20,28-29H,11,13-15H2,1-7H3,(H,26,30)(H,27,31). The van der Waals surface area contributed by atoms with Gasteiger partial charge in [0.2, 0.25) is 0 Å². The maximum Gasteiger partial charge on any atom is 0.251 e. The molecule has 2 heterocycles. The largest absolute Gasteiger partial charge is 0.349 e. The lowest BCUT2D eigenvalue weighted by Gasteiger charge is -2.46. The van der Waals surface area contributed by atoms with Crippen LogP contribution < -0.4 is 21.3 Å². The lowest BCUT2D eigenvalue weighted by molar-refractivity contribution is 0.0873. The molecule has 6 heteroatoms. The van der Waals surface area contributed by atoms with E-state index in [1.807, 2.05) is 0 Å². The normalized spacial score (nSPS) is 27.3. The molecule has 3 rings (SSSR count). The molecule has 1 aromatic rings. The zero-order valence-electron chi connectivity index (χ0n) is 20.2. The highest BCUT2D eigenvalue weighted by Gasteiger charge is 2.38. The molecule has 0 spiro atoms. The first kappa shape index (κ1) is 23.7. The van der Waals surface area contributed by atoms with Crippen molar-refractivity contribution in [1.29, 1.82) is 0 Å². The highest BCUT2D eigenvalue weighted by atomic mass is 16.2. The van der Waals surface area contributed by atoms with Gasteiger partial charge in [0.1, 0.15) is 0 Å². The number of carbonyl (C=O) groups is 2. The Labute approximate surface area is 187 Å². The average molecular weight is 429 g/mol. The second-order valence-corrected chi connectivity index (χ2v) is 11.6. The van der Waals surface area contributed by atoms with Crippen molar-refractivity contribution < 1.29 is 9.59 Å². The molecule has 2 aliphatic rings. The molecule has 172 valence electrons. The Morgan fingerprint density at radius 3 is 1.84 bits per heavy atom. The lowest BCUT2D eigenvalue weighted by Crippen LogP contribution is -2.62. The summed E-state index contributed by atoms with van der Waals surface area (Å²) in [4.78, 5) is 25.9. The summed E-state index contributed by atoms with van der Waals surface area (Å²) in [7, 11) is 0. The molecule has 2 amide bonds. The molecule has 4 N–H and O–H groups in total. The topological polar surface area (TPSA) is 82.3 Å². The monoisotopic (exact) mass is 428 g/mol. The fourth-order valence-corrected chi connectivity index (χ4v) is 5.78. The van der Waals surface area contributed by atoms with E-state index in [-0.39, 0.29) is 40.5 Å². The van der Waals surface area contributed by atoms with Gasteiger partial charge >= 0.3 is 0 Å².